The molecule has 2 fully saturated rings. The fraction of sp³-hybridized carbons (Fsp3) is 0.650. The number of nitrogens with zero attached hydrogens (tertiary/aromatic N) is 1. The third kappa shape index (κ3) is 3.71. The molecule has 6 nitrogen and oxygen atoms in total. The van der Waals surface area contributed by atoms with Gasteiger partial charge in [-0.1, -0.05) is 44.9 Å². The molecule has 1 unspecified atom stereocenters. The van der Waals surface area contributed by atoms with Crippen LogP contribution in [0.3, 0.4) is 0 Å². The van der Waals surface area contributed by atoms with E-state index in [4.69, 9.17) is 0 Å². The number of amides is 1. The number of carbonyl (C=O) groups is 1. The van der Waals surface area contributed by atoms with E-state index in [1.54, 1.807) is 0 Å². The molecule has 1 saturated heterocycles. The number of halogens is 1. The number of aromatic hydroxyl groups is 1. The normalized spacial score (nSPS) is 24.4. The van der Waals surface area contributed by atoms with Crippen LogP contribution in [-0.2, 0) is 27.8 Å². The molecule has 1 aromatic carbocycles. The highest BCUT2D eigenvalue weighted by molar-refractivity contribution is 7.92. The molecule has 8 heteroatoms. The molecule has 1 heterocycles. The van der Waals surface area contributed by atoms with Crippen molar-refractivity contribution < 1.29 is 22.7 Å². The maximum absolute atomic E-state index is 15.3. The molecular formula is C20H27FN2O4S. The van der Waals surface area contributed by atoms with Crippen molar-refractivity contribution in [3.8, 4) is 5.75 Å². The summed E-state index contributed by atoms with van der Waals surface area (Å²) in [5.74, 6) is -0.662. The third-order valence-corrected chi connectivity index (χ3v) is 7.88. The Hall–Kier alpha value is -1.83. The molecule has 154 valence electrons. The van der Waals surface area contributed by atoms with E-state index in [-0.39, 0.29) is 0 Å². The van der Waals surface area contributed by atoms with Gasteiger partial charge in [-0.3, -0.25) is 4.79 Å². The van der Waals surface area contributed by atoms with Crippen molar-refractivity contribution in [1.82, 2.24) is 4.72 Å². The average Bonchev–Trinajstić information content (AvgIpc) is 3.23. The first-order valence-electron chi connectivity index (χ1n) is 10.2. The predicted molar refractivity (Wildman–Crippen MR) is 104 cm³/mol. The molecular weight excluding hydrogens is 383 g/mol. The number of phenols is 1. The lowest BCUT2D eigenvalue weighted by Gasteiger charge is -2.28. The van der Waals surface area contributed by atoms with Gasteiger partial charge < -0.3 is 5.11 Å². The summed E-state index contributed by atoms with van der Waals surface area (Å²) in [6, 6.07) is 1.46. The monoisotopic (exact) mass is 410 g/mol. The summed E-state index contributed by atoms with van der Waals surface area (Å²) in [6.45, 7) is -0.517. The third-order valence-electron chi connectivity index (χ3n) is 6.50. The van der Waals surface area contributed by atoms with Crippen molar-refractivity contribution in [2.75, 3.05) is 10.8 Å². The number of benzene rings is 1. The van der Waals surface area contributed by atoms with Crippen LogP contribution in [-0.4, -0.2) is 26.0 Å². The van der Waals surface area contributed by atoms with Crippen LogP contribution in [0, 0.1) is 17.7 Å². The van der Waals surface area contributed by atoms with Crippen molar-refractivity contribution in [3.63, 3.8) is 0 Å². The van der Waals surface area contributed by atoms with Crippen LogP contribution in [0.2, 0.25) is 0 Å². The van der Waals surface area contributed by atoms with Gasteiger partial charge in [0.15, 0.2) is 5.82 Å². The van der Waals surface area contributed by atoms with E-state index in [0.717, 1.165) is 30.7 Å². The second-order valence-corrected chi connectivity index (χ2v) is 10.0. The van der Waals surface area contributed by atoms with Crippen molar-refractivity contribution in [3.05, 3.63) is 23.0 Å². The molecule has 28 heavy (non-hydrogen) atoms. The highest BCUT2D eigenvalue weighted by Gasteiger charge is 2.39. The Morgan fingerprint density at radius 3 is 2.57 bits per heavy atom. The Labute approximate surface area is 165 Å². The molecule has 1 saturated carbocycles. The van der Waals surface area contributed by atoms with Gasteiger partial charge in [0, 0.05) is 0 Å². The fourth-order valence-electron chi connectivity index (χ4n) is 5.03. The Bertz CT molecular complexity index is 881. The summed E-state index contributed by atoms with van der Waals surface area (Å²) in [5, 5.41) is 10.3. The van der Waals surface area contributed by atoms with E-state index in [9.17, 15) is 18.3 Å². The lowest BCUT2D eigenvalue weighted by molar-refractivity contribution is -0.117. The van der Waals surface area contributed by atoms with Crippen molar-refractivity contribution in [1.29, 1.82) is 0 Å². The molecule has 1 aromatic rings. The van der Waals surface area contributed by atoms with E-state index in [1.807, 2.05) is 4.72 Å². The smallest absolute Gasteiger partial charge is 0.326 e. The Morgan fingerprint density at radius 1 is 1.18 bits per heavy atom. The van der Waals surface area contributed by atoms with Crippen LogP contribution in [0.5, 0.6) is 5.75 Å². The zero-order valence-electron chi connectivity index (χ0n) is 15.9. The first-order chi connectivity index (χ1) is 13.3. The van der Waals surface area contributed by atoms with Crippen LogP contribution >= 0.6 is 0 Å². The number of phenolic OH excluding ortho intramolecular Hbond substituents is 1. The maximum atomic E-state index is 15.3. The standard InChI is InChI=1S/C20H27FN2O4S/c21-19-16-10-14(7-3-6-13-4-1-2-5-13)8-9-15(16)11-17(24)20(19)23-12-18(25)22-28(23,26)27/h11,13-14,24H,1-10,12H2,(H,22,25). The summed E-state index contributed by atoms with van der Waals surface area (Å²) >= 11 is 0. The number of nitrogens with one attached hydrogen (secondary N) is 1. The largest absolute Gasteiger partial charge is 0.506 e. The number of hydrogen-bond donors (Lipinski definition) is 2. The zero-order chi connectivity index (χ0) is 19.9. The van der Waals surface area contributed by atoms with Crippen molar-refractivity contribution >= 4 is 21.8 Å². The van der Waals surface area contributed by atoms with E-state index in [0.29, 0.717) is 28.6 Å². The summed E-state index contributed by atoms with van der Waals surface area (Å²) in [6.07, 6.45) is 11.0. The SMILES string of the molecule is O=C1CN(c2c(O)cc3c(c2F)CC(CCCC2CCCC2)CC3)S(=O)(=O)N1. The average molecular weight is 411 g/mol. The quantitative estimate of drug-likeness (QED) is 0.781. The molecule has 0 aromatic heterocycles. The van der Waals surface area contributed by atoms with Gasteiger partial charge in [-0.05, 0) is 48.3 Å². The number of carbonyl (C=O) groups excluding carboxylic acids is 1. The van der Waals surface area contributed by atoms with Crippen LogP contribution in [0.4, 0.5) is 10.1 Å². The lowest BCUT2D eigenvalue weighted by Crippen LogP contribution is -2.31. The number of aryl methyl sites for hydroxylation is 1. The Morgan fingerprint density at radius 2 is 1.89 bits per heavy atom. The van der Waals surface area contributed by atoms with Gasteiger partial charge in [0.25, 0.3) is 5.91 Å². The van der Waals surface area contributed by atoms with Crippen LogP contribution < -0.4 is 9.03 Å². The van der Waals surface area contributed by atoms with Crippen molar-refractivity contribution in [2.24, 2.45) is 11.8 Å². The summed E-state index contributed by atoms with van der Waals surface area (Å²) in [4.78, 5) is 11.5. The van der Waals surface area contributed by atoms with Crippen LogP contribution in [0.15, 0.2) is 6.07 Å². The van der Waals surface area contributed by atoms with E-state index >= 15 is 4.39 Å². The number of rotatable bonds is 5. The Kier molecular flexibility index (Phi) is 5.24. The van der Waals surface area contributed by atoms with Crippen molar-refractivity contribution in [2.45, 2.75) is 64.2 Å². The van der Waals surface area contributed by atoms with Gasteiger partial charge in [0.1, 0.15) is 18.0 Å². The maximum Gasteiger partial charge on any atom is 0.326 e. The number of anilines is 1. The molecule has 0 bridgehead atoms. The van der Waals surface area contributed by atoms with Gasteiger partial charge >= 0.3 is 10.2 Å². The molecule has 1 amide bonds. The first-order valence-corrected chi connectivity index (χ1v) is 11.7. The molecule has 0 radical (unpaired) electrons. The zero-order valence-corrected chi connectivity index (χ0v) is 16.7. The van der Waals surface area contributed by atoms with Gasteiger partial charge in [0.05, 0.1) is 0 Å². The topological polar surface area (TPSA) is 86.7 Å². The van der Waals surface area contributed by atoms with Crippen LogP contribution in [0.25, 0.3) is 0 Å². The molecule has 4 rings (SSSR count). The molecule has 1 aliphatic heterocycles. The minimum Gasteiger partial charge on any atom is -0.506 e. The minimum atomic E-state index is -4.16. The van der Waals surface area contributed by atoms with Gasteiger partial charge in [-0.15, -0.1) is 0 Å². The minimum absolute atomic E-state index is 0.371. The highest BCUT2D eigenvalue weighted by Crippen LogP contribution is 2.41. The summed E-state index contributed by atoms with van der Waals surface area (Å²) < 4.78 is 41.9. The summed E-state index contributed by atoms with van der Waals surface area (Å²) in [7, 11) is -4.16. The molecule has 1 atom stereocenters. The number of hydrogen-bond acceptors (Lipinski definition) is 4. The van der Waals surface area contributed by atoms with E-state index in [1.165, 1.54) is 38.2 Å². The van der Waals surface area contributed by atoms with Gasteiger partial charge in [-0.25, -0.2) is 13.4 Å². The van der Waals surface area contributed by atoms with E-state index < -0.39 is 39.9 Å². The van der Waals surface area contributed by atoms with Gasteiger partial charge in [-0.2, -0.15) is 8.42 Å². The number of fused-ring (bicyclic) bond motifs is 1. The fourth-order valence-corrected chi connectivity index (χ4v) is 6.20. The Balaban J connectivity index is 1.51. The molecule has 2 aliphatic carbocycles. The molecule has 0 spiro atoms. The predicted octanol–water partition coefficient (Wildman–Crippen LogP) is 3.18. The second kappa shape index (κ2) is 7.54. The molecule has 3 aliphatic rings. The first kappa shape index (κ1) is 19.5. The van der Waals surface area contributed by atoms with E-state index in [2.05, 4.69) is 0 Å². The highest BCUT2D eigenvalue weighted by atomic mass is 32.2. The summed E-state index contributed by atoms with van der Waals surface area (Å²) in [5.41, 5.74) is 0.810. The van der Waals surface area contributed by atoms with Crippen LogP contribution in [0.1, 0.15) is 62.5 Å². The second-order valence-electron chi connectivity index (χ2n) is 8.42. The lowest BCUT2D eigenvalue weighted by atomic mass is 9.80. The van der Waals surface area contributed by atoms with Gasteiger partial charge in [0.2, 0.25) is 0 Å². The molecule has 2 N–H and O–H groups in total.